The smallest absolute Gasteiger partial charge is 0.410 e. The largest absolute Gasteiger partial charge is 0.465 e. The predicted octanol–water partition coefficient (Wildman–Crippen LogP) is 3.59. The molecule has 3 N–H and O–H groups in total. The predicted molar refractivity (Wildman–Crippen MR) is 99.2 cm³/mol. The zero-order chi connectivity index (χ0) is 20.3. The van der Waals surface area contributed by atoms with Crippen molar-refractivity contribution >= 4 is 18.0 Å². The number of alkyl carbamates (subject to hydrolysis) is 1. The first-order valence-corrected chi connectivity index (χ1v) is 9.78. The Labute approximate surface area is 162 Å². The van der Waals surface area contributed by atoms with Crippen LogP contribution in [0.15, 0.2) is 6.07 Å². The molecule has 0 unspecified atom stereocenters. The van der Waals surface area contributed by atoms with Gasteiger partial charge in [0.15, 0.2) is 0 Å². The van der Waals surface area contributed by atoms with Crippen LogP contribution >= 0.6 is 0 Å². The quantitative estimate of drug-likeness (QED) is 0.724. The van der Waals surface area contributed by atoms with Gasteiger partial charge in [0.2, 0.25) is 0 Å². The Morgan fingerprint density at radius 3 is 2.54 bits per heavy atom. The summed E-state index contributed by atoms with van der Waals surface area (Å²) in [6.45, 7) is 5.72. The SMILES string of the molecule is CC(C)(C)n1nc([C@@H]2C[C@H](OC(=O)NC34CC(C3)C4)[C@@H](F)C2)cc1NC(=O)O. The van der Waals surface area contributed by atoms with Gasteiger partial charge in [-0.05, 0) is 58.8 Å². The average Bonchev–Trinajstić information content (AvgIpc) is 3.05. The van der Waals surface area contributed by atoms with Gasteiger partial charge in [-0.1, -0.05) is 0 Å². The van der Waals surface area contributed by atoms with Crippen LogP contribution in [0.3, 0.4) is 0 Å². The minimum atomic E-state index is -1.26. The summed E-state index contributed by atoms with van der Waals surface area (Å²) in [6, 6.07) is 1.64. The molecule has 0 saturated heterocycles. The Hall–Kier alpha value is -2.32. The molecular formula is C19H27FN4O4. The fraction of sp³-hybridized carbons (Fsp3) is 0.737. The van der Waals surface area contributed by atoms with Crippen LogP contribution in [0.2, 0.25) is 0 Å². The van der Waals surface area contributed by atoms with Gasteiger partial charge >= 0.3 is 12.2 Å². The van der Waals surface area contributed by atoms with E-state index in [9.17, 15) is 14.0 Å². The van der Waals surface area contributed by atoms with Crippen molar-refractivity contribution in [3.8, 4) is 0 Å². The first-order chi connectivity index (χ1) is 13.0. The van der Waals surface area contributed by atoms with E-state index < -0.39 is 30.0 Å². The zero-order valence-electron chi connectivity index (χ0n) is 16.4. The lowest BCUT2D eigenvalue weighted by Gasteiger charge is -2.61. The molecule has 5 rings (SSSR count). The van der Waals surface area contributed by atoms with Gasteiger partial charge in [0.05, 0.1) is 11.2 Å². The monoisotopic (exact) mass is 394 g/mol. The van der Waals surface area contributed by atoms with E-state index in [1.807, 2.05) is 20.8 Å². The van der Waals surface area contributed by atoms with Gasteiger partial charge in [0.1, 0.15) is 18.1 Å². The van der Waals surface area contributed by atoms with Gasteiger partial charge in [-0.25, -0.2) is 18.7 Å². The standard InChI is InChI=1S/C19H27FN4O4/c1-18(2,3)24-15(21-16(25)26)6-13(23-24)11-4-12(20)14(5-11)28-17(27)22-19-7-10(8-19)9-19/h6,10-12,14,21H,4-5,7-9H2,1-3H3,(H,22,27)(H,25,26)/t10?,11-,12-,14-,19?/m0/s1. The topological polar surface area (TPSA) is 105 Å². The van der Waals surface area contributed by atoms with E-state index in [1.165, 1.54) is 0 Å². The van der Waals surface area contributed by atoms with Crippen molar-refractivity contribution in [2.75, 3.05) is 5.32 Å². The van der Waals surface area contributed by atoms with Gasteiger partial charge < -0.3 is 15.2 Å². The van der Waals surface area contributed by atoms with Crippen LogP contribution in [0, 0.1) is 5.92 Å². The van der Waals surface area contributed by atoms with E-state index in [0.29, 0.717) is 17.9 Å². The number of carbonyl (C=O) groups excluding carboxylic acids is 1. The Kier molecular flexibility index (Phi) is 4.31. The number of nitrogens with zero attached hydrogens (tertiary/aromatic N) is 2. The summed E-state index contributed by atoms with van der Waals surface area (Å²) >= 11 is 0. The minimum Gasteiger partial charge on any atom is -0.465 e. The number of rotatable bonds is 4. The second kappa shape index (κ2) is 6.35. The number of aromatic nitrogens is 2. The van der Waals surface area contributed by atoms with Crippen molar-refractivity contribution in [2.24, 2.45) is 5.92 Å². The van der Waals surface area contributed by atoms with Crippen LogP contribution in [-0.4, -0.2) is 44.9 Å². The van der Waals surface area contributed by atoms with Crippen LogP contribution in [0.4, 0.5) is 19.8 Å². The first kappa shape index (κ1) is 19.0. The molecule has 1 heterocycles. The van der Waals surface area contributed by atoms with Crippen molar-refractivity contribution in [1.82, 2.24) is 15.1 Å². The zero-order valence-corrected chi connectivity index (χ0v) is 16.4. The number of carboxylic acid groups (broad SMARTS) is 1. The maximum atomic E-state index is 14.5. The molecule has 2 amide bonds. The number of amides is 2. The van der Waals surface area contributed by atoms with Crippen molar-refractivity contribution in [3.63, 3.8) is 0 Å². The Morgan fingerprint density at radius 2 is 2.00 bits per heavy atom. The maximum Gasteiger partial charge on any atom is 0.410 e. The highest BCUT2D eigenvalue weighted by Gasteiger charge is 2.58. The van der Waals surface area contributed by atoms with Crippen LogP contribution in [0.5, 0.6) is 0 Å². The maximum absolute atomic E-state index is 14.5. The number of halogens is 1. The summed E-state index contributed by atoms with van der Waals surface area (Å²) in [5.41, 5.74) is 0.0590. The van der Waals surface area contributed by atoms with Crippen LogP contribution in [0.25, 0.3) is 0 Å². The van der Waals surface area contributed by atoms with Crippen LogP contribution in [0.1, 0.15) is 64.5 Å². The van der Waals surface area contributed by atoms with E-state index in [0.717, 1.165) is 25.2 Å². The van der Waals surface area contributed by atoms with Crippen LogP contribution < -0.4 is 10.6 Å². The highest BCUT2D eigenvalue weighted by Crippen LogP contribution is 2.57. The van der Waals surface area contributed by atoms with Crippen molar-refractivity contribution in [2.45, 2.75) is 82.1 Å². The molecule has 0 radical (unpaired) electrons. The first-order valence-electron chi connectivity index (χ1n) is 9.78. The van der Waals surface area contributed by atoms with Crippen LogP contribution in [-0.2, 0) is 10.3 Å². The number of anilines is 1. The fourth-order valence-corrected chi connectivity index (χ4v) is 4.64. The molecule has 4 aliphatic rings. The second-order valence-electron chi connectivity index (χ2n) is 9.48. The van der Waals surface area contributed by atoms with Crippen molar-refractivity contribution in [3.05, 3.63) is 11.8 Å². The molecule has 1 aromatic heterocycles. The van der Waals surface area contributed by atoms with Gasteiger partial charge in [-0.2, -0.15) is 5.10 Å². The number of hydrogen-bond donors (Lipinski definition) is 3. The summed E-state index contributed by atoms with van der Waals surface area (Å²) in [4.78, 5) is 23.2. The third-order valence-corrected chi connectivity index (χ3v) is 6.11. The molecule has 0 aliphatic heterocycles. The lowest BCUT2D eigenvalue weighted by Crippen LogP contribution is -2.68. The summed E-state index contributed by atoms with van der Waals surface area (Å²) in [6.07, 6.45) is -0.282. The molecule has 8 nitrogen and oxygen atoms in total. The molecule has 28 heavy (non-hydrogen) atoms. The minimum absolute atomic E-state index is 0.103. The summed E-state index contributed by atoms with van der Waals surface area (Å²) < 4.78 is 21.5. The molecule has 1 aromatic rings. The lowest BCUT2D eigenvalue weighted by atomic mass is 9.50. The Balaban J connectivity index is 1.42. The molecule has 0 spiro atoms. The summed E-state index contributed by atoms with van der Waals surface area (Å²) in [5.74, 6) is 0.841. The normalized spacial score (nSPS) is 33.6. The lowest BCUT2D eigenvalue weighted by molar-refractivity contribution is -0.0530. The van der Waals surface area contributed by atoms with E-state index in [4.69, 9.17) is 9.84 Å². The number of hydrogen-bond acceptors (Lipinski definition) is 4. The molecule has 4 saturated carbocycles. The molecule has 2 bridgehead atoms. The molecule has 0 aromatic carbocycles. The van der Waals surface area contributed by atoms with Crippen molar-refractivity contribution in [1.29, 1.82) is 0 Å². The van der Waals surface area contributed by atoms with E-state index in [-0.39, 0.29) is 17.9 Å². The highest BCUT2D eigenvalue weighted by atomic mass is 19.1. The fourth-order valence-electron chi connectivity index (χ4n) is 4.64. The third kappa shape index (κ3) is 3.42. The Bertz CT molecular complexity index is 785. The Morgan fingerprint density at radius 1 is 1.32 bits per heavy atom. The molecule has 4 fully saturated rings. The van der Waals surface area contributed by atoms with E-state index in [2.05, 4.69) is 15.7 Å². The van der Waals surface area contributed by atoms with Gasteiger partial charge in [-0.15, -0.1) is 0 Å². The van der Waals surface area contributed by atoms with Crippen molar-refractivity contribution < 1.29 is 23.8 Å². The number of ether oxygens (including phenoxy) is 1. The molecule has 3 atom stereocenters. The average molecular weight is 394 g/mol. The molecular weight excluding hydrogens is 367 g/mol. The summed E-state index contributed by atoms with van der Waals surface area (Å²) in [5, 5.41) is 18.8. The highest BCUT2D eigenvalue weighted by molar-refractivity contribution is 5.81. The molecule has 9 heteroatoms. The molecule has 4 aliphatic carbocycles. The number of nitrogens with one attached hydrogen (secondary N) is 2. The van der Waals surface area contributed by atoms with E-state index >= 15 is 0 Å². The number of alkyl halides is 1. The second-order valence-corrected chi connectivity index (χ2v) is 9.48. The van der Waals surface area contributed by atoms with Gasteiger partial charge in [0.25, 0.3) is 0 Å². The third-order valence-electron chi connectivity index (χ3n) is 6.11. The van der Waals surface area contributed by atoms with Gasteiger partial charge in [-0.3, -0.25) is 5.32 Å². The van der Waals surface area contributed by atoms with Gasteiger partial charge in [0, 0.05) is 17.5 Å². The molecule has 154 valence electrons. The van der Waals surface area contributed by atoms with E-state index in [1.54, 1.807) is 10.7 Å². The summed E-state index contributed by atoms with van der Waals surface area (Å²) in [7, 11) is 0. The number of carbonyl (C=O) groups is 2.